The molecule has 0 saturated carbocycles. The van der Waals surface area contributed by atoms with Crippen LogP contribution in [-0.2, 0) is 6.73 Å². The molecule has 0 bridgehead atoms. The van der Waals surface area contributed by atoms with Crippen LogP contribution in [0.1, 0.15) is 5.56 Å². The second kappa shape index (κ2) is 3.27. The van der Waals surface area contributed by atoms with Gasteiger partial charge in [-0.05, 0) is 24.6 Å². The maximum absolute atomic E-state index is 5.67. The fourth-order valence-corrected chi connectivity index (χ4v) is 2.00. The van der Waals surface area contributed by atoms with Crippen LogP contribution in [0.5, 0.6) is 11.5 Å². The van der Waals surface area contributed by atoms with Gasteiger partial charge in [-0.2, -0.15) is 0 Å². The molecule has 0 atom stereocenters. The lowest BCUT2D eigenvalue weighted by Crippen LogP contribution is -2.13. The molecule has 82 valence electrons. The van der Waals surface area contributed by atoms with Gasteiger partial charge in [-0.3, -0.25) is 4.57 Å². The minimum atomic E-state index is 0.509. The quantitative estimate of drug-likeness (QED) is 0.733. The van der Waals surface area contributed by atoms with Crippen LogP contribution >= 0.6 is 0 Å². The zero-order valence-corrected chi connectivity index (χ0v) is 9.23. The van der Waals surface area contributed by atoms with Crippen molar-refractivity contribution in [2.75, 3.05) is 7.11 Å². The van der Waals surface area contributed by atoms with Gasteiger partial charge >= 0.3 is 0 Å². The highest BCUT2D eigenvalue weighted by molar-refractivity contribution is 5.74. The number of benzene rings is 1. The largest absolute Gasteiger partial charge is 0.496 e. The summed E-state index contributed by atoms with van der Waals surface area (Å²) in [5.41, 5.74) is 2.06. The Balaban J connectivity index is 2.30. The highest BCUT2D eigenvalue weighted by Gasteiger charge is 2.22. The zero-order valence-electron chi connectivity index (χ0n) is 9.23. The second-order valence-corrected chi connectivity index (χ2v) is 3.83. The van der Waals surface area contributed by atoms with Crippen LogP contribution in [0.3, 0.4) is 0 Å². The fraction of sp³-hybridized carbons (Fsp3) is 0.250. The molecule has 3 rings (SSSR count). The summed E-state index contributed by atoms with van der Waals surface area (Å²) in [6, 6.07) is 4.00. The Morgan fingerprint density at radius 3 is 3.12 bits per heavy atom. The number of ether oxygens (including phenoxy) is 2. The number of nitrogens with zero attached hydrogens (tertiary/aromatic N) is 2. The summed E-state index contributed by atoms with van der Waals surface area (Å²) in [5, 5.41) is 0. The smallest absolute Gasteiger partial charge is 0.166 e. The Hall–Kier alpha value is -1.97. The molecule has 1 aliphatic heterocycles. The van der Waals surface area contributed by atoms with Gasteiger partial charge in [0, 0.05) is 12.4 Å². The first-order chi connectivity index (χ1) is 7.79. The molecule has 1 aromatic heterocycles. The van der Waals surface area contributed by atoms with E-state index in [4.69, 9.17) is 9.47 Å². The molecule has 1 aromatic carbocycles. The van der Waals surface area contributed by atoms with Gasteiger partial charge in [0.25, 0.3) is 0 Å². The summed E-state index contributed by atoms with van der Waals surface area (Å²) in [4.78, 5) is 4.34. The van der Waals surface area contributed by atoms with E-state index in [0.717, 1.165) is 28.5 Å². The van der Waals surface area contributed by atoms with Gasteiger partial charge < -0.3 is 9.47 Å². The predicted molar refractivity (Wildman–Crippen MR) is 59.6 cm³/mol. The number of rotatable bonds is 1. The summed E-state index contributed by atoms with van der Waals surface area (Å²) in [6.07, 6.45) is 3.67. The number of methoxy groups -OCH3 is 1. The van der Waals surface area contributed by atoms with Crippen LogP contribution in [0, 0.1) is 6.92 Å². The van der Waals surface area contributed by atoms with Crippen LogP contribution in [0.25, 0.3) is 11.4 Å². The van der Waals surface area contributed by atoms with Gasteiger partial charge in [-0.1, -0.05) is 0 Å². The molecule has 1 aliphatic rings. The predicted octanol–water partition coefficient (Wildman–Crippen LogP) is 2.22. The molecule has 16 heavy (non-hydrogen) atoms. The summed E-state index contributed by atoms with van der Waals surface area (Å²) < 4.78 is 13.0. The van der Waals surface area contributed by atoms with E-state index in [1.54, 1.807) is 13.3 Å². The average Bonchev–Trinajstić information content (AvgIpc) is 2.75. The van der Waals surface area contributed by atoms with Crippen molar-refractivity contribution in [2.45, 2.75) is 13.7 Å². The molecule has 0 unspecified atom stereocenters. The van der Waals surface area contributed by atoms with E-state index >= 15 is 0 Å². The van der Waals surface area contributed by atoms with Crippen molar-refractivity contribution in [3.63, 3.8) is 0 Å². The molecule has 0 radical (unpaired) electrons. The van der Waals surface area contributed by atoms with Crippen LogP contribution in [0.15, 0.2) is 24.5 Å². The third kappa shape index (κ3) is 1.19. The molecule has 0 aliphatic carbocycles. The summed E-state index contributed by atoms with van der Waals surface area (Å²) in [6.45, 7) is 2.53. The van der Waals surface area contributed by atoms with Crippen LogP contribution in [0.4, 0.5) is 0 Å². The monoisotopic (exact) mass is 216 g/mol. The van der Waals surface area contributed by atoms with Gasteiger partial charge in [-0.15, -0.1) is 0 Å². The highest BCUT2D eigenvalue weighted by Crippen LogP contribution is 2.41. The Labute approximate surface area is 93.4 Å². The van der Waals surface area contributed by atoms with E-state index in [1.807, 2.05) is 29.8 Å². The lowest BCUT2D eigenvalue weighted by molar-refractivity contribution is 0.228. The molecule has 2 heterocycles. The van der Waals surface area contributed by atoms with Crippen LogP contribution in [-0.4, -0.2) is 16.7 Å². The molecule has 2 aromatic rings. The van der Waals surface area contributed by atoms with Crippen molar-refractivity contribution in [3.05, 3.63) is 30.1 Å². The molecule has 0 fully saturated rings. The normalized spacial score (nSPS) is 12.6. The molecule has 0 N–H and O–H groups in total. The highest BCUT2D eigenvalue weighted by atomic mass is 16.5. The molecule has 0 saturated heterocycles. The third-order valence-electron chi connectivity index (χ3n) is 2.73. The Morgan fingerprint density at radius 2 is 2.31 bits per heavy atom. The summed E-state index contributed by atoms with van der Waals surface area (Å²) >= 11 is 0. The van der Waals surface area contributed by atoms with Crippen molar-refractivity contribution in [2.24, 2.45) is 0 Å². The van der Waals surface area contributed by atoms with Crippen molar-refractivity contribution >= 4 is 0 Å². The Morgan fingerprint density at radius 1 is 1.44 bits per heavy atom. The number of fused-ring (bicyclic) bond motifs is 3. The number of aromatic nitrogens is 2. The Kier molecular flexibility index (Phi) is 1.89. The molecule has 4 heteroatoms. The van der Waals surface area contributed by atoms with Crippen molar-refractivity contribution in [1.82, 2.24) is 9.55 Å². The van der Waals surface area contributed by atoms with Crippen molar-refractivity contribution < 1.29 is 9.47 Å². The van der Waals surface area contributed by atoms with Gasteiger partial charge in [0.15, 0.2) is 6.73 Å². The number of aryl methyl sites for hydroxylation is 1. The topological polar surface area (TPSA) is 36.3 Å². The minimum Gasteiger partial charge on any atom is -0.496 e. The van der Waals surface area contributed by atoms with Crippen LogP contribution in [0.2, 0.25) is 0 Å². The molecule has 0 spiro atoms. The van der Waals surface area contributed by atoms with Crippen molar-refractivity contribution in [3.8, 4) is 22.9 Å². The van der Waals surface area contributed by atoms with E-state index in [0.29, 0.717) is 6.73 Å². The number of hydrogen-bond donors (Lipinski definition) is 0. The molecular weight excluding hydrogens is 204 g/mol. The Bertz CT molecular complexity index is 529. The fourth-order valence-electron chi connectivity index (χ4n) is 2.00. The third-order valence-corrected chi connectivity index (χ3v) is 2.73. The van der Waals surface area contributed by atoms with E-state index in [2.05, 4.69) is 4.98 Å². The molecule has 4 nitrogen and oxygen atoms in total. The van der Waals surface area contributed by atoms with E-state index < -0.39 is 0 Å². The van der Waals surface area contributed by atoms with Gasteiger partial charge in [0.1, 0.15) is 22.9 Å². The standard InChI is InChI=1S/C12H12N2O2/c1-8-5-9(15-2)11-10(6-8)16-7-14-4-3-13-12(11)14/h3-6H,7H2,1-2H3. The first kappa shape index (κ1) is 9.27. The lowest BCUT2D eigenvalue weighted by atomic mass is 10.1. The van der Waals surface area contributed by atoms with E-state index in [-0.39, 0.29) is 0 Å². The first-order valence-corrected chi connectivity index (χ1v) is 5.12. The number of hydrogen-bond acceptors (Lipinski definition) is 3. The zero-order chi connectivity index (χ0) is 11.1. The SMILES string of the molecule is COc1cc(C)cc2c1-c1nccn1CO2. The van der Waals surface area contributed by atoms with Gasteiger partial charge in [-0.25, -0.2) is 4.98 Å². The van der Waals surface area contributed by atoms with Crippen LogP contribution < -0.4 is 9.47 Å². The van der Waals surface area contributed by atoms with Crippen molar-refractivity contribution in [1.29, 1.82) is 0 Å². The minimum absolute atomic E-state index is 0.509. The van der Waals surface area contributed by atoms with E-state index in [9.17, 15) is 0 Å². The van der Waals surface area contributed by atoms with Gasteiger partial charge in [0.05, 0.1) is 7.11 Å². The van der Waals surface area contributed by atoms with E-state index in [1.165, 1.54) is 0 Å². The maximum Gasteiger partial charge on any atom is 0.166 e. The van der Waals surface area contributed by atoms with Gasteiger partial charge in [0.2, 0.25) is 0 Å². The summed E-state index contributed by atoms with van der Waals surface area (Å²) in [7, 11) is 1.66. The second-order valence-electron chi connectivity index (χ2n) is 3.83. The number of imidazole rings is 1. The molecule has 0 amide bonds. The summed E-state index contributed by atoms with van der Waals surface area (Å²) in [5.74, 6) is 2.55. The molecular formula is C12H12N2O2. The first-order valence-electron chi connectivity index (χ1n) is 5.12. The lowest BCUT2D eigenvalue weighted by Gasteiger charge is -2.21. The average molecular weight is 216 g/mol. The maximum atomic E-state index is 5.67.